The average Bonchev–Trinajstić information content (AvgIpc) is 3.11. The molecule has 0 unspecified atom stereocenters. The van der Waals surface area contributed by atoms with Crippen molar-refractivity contribution >= 4 is 38.1 Å². The van der Waals surface area contributed by atoms with Crippen LogP contribution in [0, 0.1) is 0 Å². The topological polar surface area (TPSA) is 101 Å². The third-order valence-corrected chi connectivity index (χ3v) is 5.94. The molecule has 0 radical (unpaired) electrons. The van der Waals surface area contributed by atoms with Crippen LogP contribution in [0.25, 0.3) is 0 Å². The van der Waals surface area contributed by atoms with Gasteiger partial charge in [0.2, 0.25) is 5.13 Å². The van der Waals surface area contributed by atoms with E-state index in [1.165, 1.54) is 0 Å². The second-order valence-corrected chi connectivity index (χ2v) is 8.21. The van der Waals surface area contributed by atoms with Crippen LogP contribution in [-0.2, 0) is 16.2 Å². The predicted molar refractivity (Wildman–Crippen MR) is 96.6 cm³/mol. The molecule has 0 atom stereocenters. The van der Waals surface area contributed by atoms with Crippen LogP contribution in [0.1, 0.15) is 15.9 Å². The van der Waals surface area contributed by atoms with Crippen LogP contribution >= 0.6 is 11.3 Å². The molecule has 3 aromatic rings. The van der Waals surface area contributed by atoms with Gasteiger partial charge >= 0.3 is 6.18 Å². The minimum atomic E-state index is -4.53. The Bertz CT molecular complexity index is 1080. The Kier molecular flexibility index (Phi) is 5.34. The number of nitrogens with one attached hydrogen (secondary N) is 2. The van der Waals surface area contributed by atoms with Gasteiger partial charge in [0.25, 0.3) is 20.3 Å². The van der Waals surface area contributed by atoms with E-state index in [2.05, 4.69) is 20.2 Å². The number of sulfonamides is 1. The first kappa shape index (κ1) is 19.8. The third-order valence-electron chi connectivity index (χ3n) is 3.36. The molecule has 0 saturated carbocycles. The molecule has 12 heteroatoms. The molecule has 28 heavy (non-hydrogen) atoms. The summed E-state index contributed by atoms with van der Waals surface area (Å²) in [5.74, 6) is -0.489. The van der Waals surface area contributed by atoms with Crippen molar-refractivity contribution in [1.29, 1.82) is 0 Å². The second-order valence-electron chi connectivity index (χ2n) is 5.37. The van der Waals surface area contributed by atoms with Crippen molar-refractivity contribution in [2.24, 2.45) is 0 Å². The monoisotopic (exact) mass is 428 g/mol. The Morgan fingerprint density at radius 3 is 2.21 bits per heavy atom. The summed E-state index contributed by atoms with van der Waals surface area (Å²) in [6, 6.07) is 11.7. The predicted octanol–water partition coefficient (Wildman–Crippen LogP) is 3.61. The van der Waals surface area contributed by atoms with Crippen molar-refractivity contribution in [1.82, 2.24) is 10.2 Å². The van der Waals surface area contributed by atoms with E-state index in [1.807, 2.05) is 0 Å². The number of carbonyl (C=O) groups excluding carboxylic acids is 1. The van der Waals surface area contributed by atoms with Crippen LogP contribution in [0.15, 0.2) is 58.9 Å². The maximum absolute atomic E-state index is 12.6. The number of benzene rings is 2. The van der Waals surface area contributed by atoms with Crippen LogP contribution in [0.3, 0.4) is 0 Å². The maximum Gasteiger partial charge on any atom is 0.416 e. The lowest BCUT2D eigenvalue weighted by atomic mass is 10.2. The van der Waals surface area contributed by atoms with E-state index >= 15 is 0 Å². The van der Waals surface area contributed by atoms with Gasteiger partial charge < -0.3 is 0 Å². The Hall–Kier alpha value is -2.99. The second kappa shape index (κ2) is 7.56. The number of carbonyl (C=O) groups is 1. The lowest BCUT2D eigenvalue weighted by molar-refractivity contribution is -0.137. The highest BCUT2D eigenvalue weighted by Crippen LogP contribution is 2.30. The SMILES string of the molecule is O=C(Nc1nnc(S(=O)(=O)Nc2ccc(C(F)(F)F)cc2)s1)c1ccccc1. The van der Waals surface area contributed by atoms with E-state index in [0.717, 1.165) is 24.3 Å². The van der Waals surface area contributed by atoms with Crippen LogP contribution in [0.2, 0.25) is 0 Å². The van der Waals surface area contributed by atoms with Gasteiger partial charge in [-0.15, -0.1) is 10.2 Å². The van der Waals surface area contributed by atoms with Gasteiger partial charge in [-0.1, -0.05) is 29.5 Å². The molecular formula is C16H11F3N4O3S2. The van der Waals surface area contributed by atoms with E-state index in [-0.39, 0.29) is 10.8 Å². The molecule has 0 bridgehead atoms. The Balaban J connectivity index is 1.72. The number of aromatic nitrogens is 2. The molecule has 0 aliphatic carbocycles. The number of nitrogens with zero attached hydrogens (tertiary/aromatic N) is 2. The molecule has 1 amide bonds. The number of anilines is 2. The number of rotatable bonds is 5. The minimum Gasteiger partial charge on any atom is -0.296 e. The quantitative estimate of drug-likeness (QED) is 0.605. The van der Waals surface area contributed by atoms with Gasteiger partial charge in [-0.2, -0.15) is 21.6 Å². The zero-order valence-corrected chi connectivity index (χ0v) is 15.4. The molecule has 146 valence electrons. The number of halogens is 3. The highest BCUT2D eigenvalue weighted by atomic mass is 32.2. The molecule has 1 heterocycles. The van der Waals surface area contributed by atoms with Crippen molar-refractivity contribution in [2.75, 3.05) is 10.0 Å². The van der Waals surface area contributed by atoms with Gasteiger partial charge in [0.05, 0.1) is 5.56 Å². The molecule has 0 aliphatic rings. The number of alkyl halides is 3. The zero-order chi connectivity index (χ0) is 20.4. The molecule has 2 aromatic carbocycles. The third kappa shape index (κ3) is 4.64. The number of hydrogen-bond donors (Lipinski definition) is 2. The van der Waals surface area contributed by atoms with Gasteiger partial charge in [-0.25, -0.2) is 0 Å². The molecule has 0 spiro atoms. The first-order valence-electron chi connectivity index (χ1n) is 7.55. The van der Waals surface area contributed by atoms with Gasteiger partial charge in [0.1, 0.15) is 0 Å². The normalized spacial score (nSPS) is 11.8. The Labute approximate surface area is 161 Å². The first-order chi connectivity index (χ1) is 13.1. The van der Waals surface area contributed by atoms with E-state index in [1.54, 1.807) is 30.3 Å². The van der Waals surface area contributed by atoms with E-state index in [4.69, 9.17) is 0 Å². The van der Waals surface area contributed by atoms with E-state index < -0.39 is 32.0 Å². The molecule has 2 N–H and O–H groups in total. The van der Waals surface area contributed by atoms with Crippen molar-refractivity contribution in [3.63, 3.8) is 0 Å². The van der Waals surface area contributed by atoms with Gasteiger partial charge in [0, 0.05) is 11.3 Å². The summed E-state index contributed by atoms with van der Waals surface area (Å²) in [6.45, 7) is 0. The Morgan fingerprint density at radius 2 is 1.61 bits per heavy atom. The van der Waals surface area contributed by atoms with Crippen molar-refractivity contribution in [3.8, 4) is 0 Å². The summed E-state index contributed by atoms with van der Waals surface area (Å²) >= 11 is 0.605. The zero-order valence-electron chi connectivity index (χ0n) is 13.8. The fraction of sp³-hybridized carbons (Fsp3) is 0.0625. The minimum absolute atomic E-state index is 0.0401. The van der Waals surface area contributed by atoms with Gasteiger partial charge in [-0.3, -0.25) is 14.8 Å². The lowest BCUT2D eigenvalue weighted by Crippen LogP contribution is -2.13. The standard InChI is InChI=1S/C16H11F3N4O3S2/c17-16(18,19)11-6-8-12(9-7-11)23-28(25,26)15-22-21-14(27-15)20-13(24)10-4-2-1-3-5-10/h1-9,23H,(H,20,21,24). The summed E-state index contributed by atoms with van der Waals surface area (Å²) < 4.78 is 64.0. The summed E-state index contributed by atoms with van der Waals surface area (Å²) in [5.41, 5.74) is -0.625. The Morgan fingerprint density at radius 1 is 0.964 bits per heavy atom. The van der Waals surface area contributed by atoms with Gasteiger partial charge in [-0.05, 0) is 36.4 Å². The molecule has 1 aromatic heterocycles. The average molecular weight is 428 g/mol. The van der Waals surface area contributed by atoms with Crippen molar-refractivity contribution < 1.29 is 26.4 Å². The summed E-state index contributed by atoms with van der Waals surface area (Å²) in [6.07, 6.45) is -4.53. The lowest BCUT2D eigenvalue weighted by Gasteiger charge is -2.08. The molecule has 0 saturated heterocycles. The molecular weight excluding hydrogens is 417 g/mol. The number of hydrogen-bond acceptors (Lipinski definition) is 6. The van der Waals surface area contributed by atoms with Crippen LogP contribution in [-0.4, -0.2) is 24.5 Å². The molecule has 7 nitrogen and oxygen atoms in total. The van der Waals surface area contributed by atoms with Crippen molar-refractivity contribution in [3.05, 3.63) is 65.7 Å². The van der Waals surface area contributed by atoms with E-state index in [0.29, 0.717) is 16.9 Å². The maximum atomic E-state index is 12.6. The van der Waals surface area contributed by atoms with Gasteiger partial charge in [0.15, 0.2) is 0 Å². The van der Waals surface area contributed by atoms with Crippen LogP contribution < -0.4 is 10.0 Å². The van der Waals surface area contributed by atoms with Crippen LogP contribution in [0.5, 0.6) is 0 Å². The molecule has 0 fully saturated rings. The largest absolute Gasteiger partial charge is 0.416 e. The van der Waals surface area contributed by atoms with Crippen LogP contribution in [0.4, 0.5) is 24.0 Å². The number of amides is 1. The van der Waals surface area contributed by atoms with Crippen molar-refractivity contribution in [2.45, 2.75) is 10.5 Å². The summed E-state index contributed by atoms with van der Waals surface area (Å²) in [7, 11) is -4.18. The molecule has 3 rings (SSSR count). The summed E-state index contributed by atoms with van der Waals surface area (Å²) in [4.78, 5) is 12.0. The highest BCUT2D eigenvalue weighted by molar-refractivity contribution is 7.94. The first-order valence-corrected chi connectivity index (χ1v) is 9.85. The summed E-state index contributed by atoms with van der Waals surface area (Å²) in [5, 5.41) is 9.50. The molecule has 0 aliphatic heterocycles. The van der Waals surface area contributed by atoms with E-state index in [9.17, 15) is 26.4 Å². The smallest absolute Gasteiger partial charge is 0.296 e. The fourth-order valence-electron chi connectivity index (χ4n) is 2.05. The highest BCUT2D eigenvalue weighted by Gasteiger charge is 2.30. The fourth-order valence-corrected chi connectivity index (χ4v) is 4.01.